The quantitative estimate of drug-likeness (QED) is 0.611. The van der Waals surface area contributed by atoms with Gasteiger partial charge in [0.05, 0.1) is 12.7 Å². The fourth-order valence-corrected chi connectivity index (χ4v) is 1.85. The van der Waals surface area contributed by atoms with E-state index in [0.29, 0.717) is 13.2 Å². The van der Waals surface area contributed by atoms with Gasteiger partial charge in [0.1, 0.15) is 12.4 Å². The van der Waals surface area contributed by atoms with Crippen LogP contribution in [-0.4, -0.2) is 19.3 Å². The Balaban J connectivity index is 2.38. The van der Waals surface area contributed by atoms with Gasteiger partial charge in [-0.05, 0) is 38.3 Å². The van der Waals surface area contributed by atoms with E-state index in [9.17, 15) is 0 Å². The van der Waals surface area contributed by atoms with Gasteiger partial charge in [0.2, 0.25) is 0 Å². The van der Waals surface area contributed by atoms with Crippen molar-refractivity contribution in [2.75, 3.05) is 13.2 Å². The first-order valence-corrected chi connectivity index (χ1v) is 7.06. The molecule has 0 aliphatic heterocycles. The van der Waals surface area contributed by atoms with Crippen molar-refractivity contribution in [2.45, 2.75) is 52.6 Å². The second kappa shape index (κ2) is 8.98. The lowest BCUT2D eigenvalue weighted by Gasteiger charge is -2.12. The molecule has 102 valence electrons. The fraction of sp³-hybridized carbons (Fsp3) is 0.625. The number of rotatable bonds is 9. The second-order valence-electron chi connectivity index (χ2n) is 4.83. The molecule has 0 heterocycles. The molecule has 0 aliphatic rings. The summed E-state index contributed by atoms with van der Waals surface area (Å²) in [6.45, 7) is 7.59. The molecular formula is C16H26O2. The van der Waals surface area contributed by atoms with Crippen molar-refractivity contribution in [1.29, 1.82) is 0 Å². The topological polar surface area (TPSA) is 18.5 Å². The molecule has 0 unspecified atom stereocenters. The molecule has 0 spiro atoms. The van der Waals surface area contributed by atoms with Crippen LogP contribution in [0, 0.1) is 0 Å². The largest absolute Gasteiger partial charge is 0.491 e. The third kappa shape index (κ3) is 6.06. The first kappa shape index (κ1) is 15.0. The van der Waals surface area contributed by atoms with E-state index in [-0.39, 0.29) is 6.10 Å². The van der Waals surface area contributed by atoms with Gasteiger partial charge in [-0.25, -0.2) is 0 Å². The van der Waals surface area contributed by atoms with Crippen LogP contribution in [0.25, 0.3) is 0 Å². The summed E-state index contributed by atoms with van der Waals surface area (Å²) in [4.78, 5) is 0. The van der Waals surface area contributed by atoms with Crippen LogP contribution in [0.1, 0.15) is 45.6 Å². The van der Waals surface area contributed by atoms with Crippen LogP contribution < -0.4 is 4.74 Å². The minimum atomic E-state index is 0.272. The summed E-state index contributed by atoms with van der Waals surface area (Å²) in [6, 6.07) is 8.33. The van der Waals surface area contributed by atoms with Gasteiger partial charge in [0, 0.05) is 0 Å². The first-order valence-electron chi connectivity index (χ1n) is 7.06. The summed E-state index contributed by atoms with van der Waals surface area (Å²) in [6.07, 6.45) is 5.15. The minimum absolute atomic E-state index is 0.272. The molecule has 0 saturated heterocycles. The van der Waals surface area contributed by atoms with Crippen LogP contribution in [0.5, 0.6) is 5.75 Å². The Morgan fingerprint density at radius 3 is 2.56 bits per heavy atom. The molecule has 0 radical (unpaired) electrons. The fourth-order valence-electron chi connectivity index (χ4n) is 1.85. The van der Waals surface area contributed by atoms with E-state index >= 15 is 0 Å². The standard InChI is InChI=1S/C16H26O2/c1-4-5-6-9-15-10-7-8-11-16(15)18-13-12-17-14(2)3/h7-8,10-11,14H,4-6,9,12-13H2,1-3H3. The number of unbranched alkanes of at least 4 members (excludes halogenated alkanes) is 2. The molecule has 1 rings (SSSR count). The number of para-hydroxylation sites is 1. The van der Waals surface area contributed by atoms with E-state index in [1.54, 1.807) is 0 Å². The predicted octanol–water partition coefficient (Wildman–Crippen LogP) is 4.22. The van der Waals surface area contributed by atoms with E-state index in [0.717, 1.165) is 12.2 Å². The maximum absolute atomic E-state index is 5.79. The molecule has 0 atom stereocenters. The highest BCUT2D eigenvalue weighted by Gasteiger charge is 2.02. The van der Waals surface area contributed by atoms with Gasteiger partial charge < -0.3 is 9.47 Å². The van der Waals surface area contributed by atoms with E-state index in [1.807, 2.05) is 19.9 Å². The highest BCUT2D eigenvalue weighted by molar-refractivity contribution is 5.33. The average molecular weight is 250 g/mol. The Hall–Kier alpha value is -1.02. The van der Waals surface area contributed by atoms with Gasteiger partial charge in [-0.1, -0.05) is 38.0 Å². The molecule has 0 N–H and O–H groups in total. The first-order chi connectivity index (χ1) is 8.74. The van der Waals surface area contributed by atoms with E-state index < -0.39 is 0 Å². The SMILES string of the molecule is CCCCCc1ccccc1OCCOC(C)C. The number of benzene rings is 1. The van der Waals surface area contributed by atoms with Gasteiger partial charge >= 0.3 is 0 Å². The number of ether oxygens (including phenoxy) is 2. The summed E-state index contributed by atoms with van der Waals surface area (Å²) >= 11 is 0. The normalized spacial score (nSPS) is 10.9. The van der Waals surface area contributed by atoms with Crippen molar-refractivity contribution >= 4 is 0 Å². The highest BCUT2D eigenvalue weighted by Crippen LogP contribution is 2.20. The van der Waals surface area contributed by atoms with Gasteiger partial charge in [-0.3, -0.25) is 0 Å². The molecule has 0 fully saturated rings. The lowest BCUT2D eigenvalue weighted by molar-refractivity contribution is 0.0550. The smallest absolute Gasteiger partial charge is 0.122 e. The zero-order valence-corrected chi connectivity index (χ0v) is 11.9. The molecule has 2 heteroatoms. The molecule has 0 aromatic heterocycles. The minimum Gasteiger partial charge on any atom is -0.491 e. The molecule has 1 aromatic carbocycles. The van der Waals surface area contributed by atoms with Crippen LogP contribution in [0.2, 0.25) is 0 Å². The Labute approximate surface area is 111 Å². The Bertz CT molecular complexity index is 321. The van der Waals surface area contributed by atoms with Crippen molar-refractivity contribution in [2.24, 2.45) is 0 Å². The van der Waals surface area contributed by atoms with E-state index in [2.05, 4.69) is 25.1 Å². The monoisotopic (exact) mass is 250 g/mol. The number of hydrogen-bond acceptors (Lipinski definition) is 2. The number of aryl methyl sites for hydroxylation is 1. The summed E-state index contributed by atoms with van der Waals surface area (Å²) < 4.78 is 11.3. The Morgan fingerprint density at radius 1 is 1.06 bits per heavy atom. The van der Waals surface area contributed by atoms with Gasteiger partial charge in [0.25, 0.3) is 0 Å². The zero-order chi connectivity index (χ0) is 13.2. The molecule has 0 saturated carbocycles. The van der Waals surface area contributed by atoms with Crippen molar-refractivity contribution in [3.05, 3.63) is 29.8 Å². The molecule has 18 heavy (non-hydrogen) atoms. The van der Waals surface area contributed by atoms with Crippen LogP contribution >= 0.6 is 0 Å². The predicted molar refractivity (Wildman–Crippen MR) is 76.3 cm³/mol. The van der Waals surface area contributed by atoms with Gasteiger partial charge in [-0.2, -0.15) is 0 Å². The Kier molecular flexibility index (Phi) is 7.51. The van der Waals surface area contributed by atoms with Crippen molar-refractivity contribution in [3.63, 3.8) is 0 Å². The van der Waals surface area contributed by atoms with Gasteiger partial charge in [-0.15, -0.1) is 0 Å². The van der Waals surface area contributed by atoms with Crippen LogP contribution in [0.4, 0.5) is 0 Å². The average Bonchev–Trinajstić information content (AvgIpc) is 2.36. The van der Waals surface area contributed by atoms with Crippen LogP contribution in [0.15, 0.2) is 24.3 Å². The van der Waals surface area contributed by atoms with Crippen LogP contribution in [0.3, 0.4) is 0 Å². The third-order valence-electron chi connectivity index (χ3n) is 2.81. The Morgan fingerprint density at radius 2 is 1.83 bits per heavy atom. The number of hydrogen-bond donors (Lipinski definition) is 0. The van der Waals surface area contributed by atoms with E-state index in [4.69, 9.17) is 9.47 Å². The molecule has 0 amide bonds. The summed E-state index contributed by atoms with van der Waals surface area (Å²) in [7, 11) is 0. The second-order valence-corrected chi connectivity index (χ2v) is 4.83. The van der Waals surface area contributed by atoms with E-state index in [1.165, 1.54) is 24.8 Å². The third-order valence-corrected chi connectivity index (χ3v) is 2.81. The maximum Gasteiger partial charge on any atom is 0.122 e. The molecular weight excluding hydrogens is 224 g/mol. The summed E-state index contributed by atoms with van der Waals surface area (Å²) in [5.41, 5.74) is 1.32. The molecule has 0 bridgehead atoms. The maximum atomic E-state index is 5.79. The lowest BCUT2D eigenvalue weighted by atomic mass is 10.1. The highest BCUT2D eigenvalue weighted by atomic mass is 16.5. The van der Waals surface area contributed by atoms with Crippen LogP contribution in [-0.2, 0) is 11.2 Å². The summed E-state index contributed by atoms with van der Waals surface area (Å²) in [5, 5.41) is 0. The molecule has 0 aliphatic carbocycles. The molecule has 2 nitrogen and oxygen atoms in total. The summed E-state index contributed by atoms with van der Waals surface area (Å²) in [5.74, 6) is 1.01. The van der Waals surface area contributed by atoms with Gasteiger partial charge in [0.15, 0.2) is 0 Å². The zero-order valence-electron chi connectivity index (χ0n) is 11.9. The lowest BCUT2D eigenvalue weighted by Crippen LogP contribution is -2.11. The molecule has 1 aromatic rings. The van der Waals surface area contributed by atoms with Crippen molar-refractivity contribution < 1.29 is 9.47 Å². The van der Waals surface area contributed by atoms with Crippen molar-refractivity contribution in [3.8, 4) is 5.75 Å². The van der Waals surface area contributed by atoms with Crippen molar-refractivity contribution in [1.82, 2.24) is 0 Å².